The molecule has 0 aliphatic rings. The van der Waals surface area contributed by atoms with Crippen molar-refractivity contribution in [3.8, 4) is 6.01 Å². The van der Waals surface area contributed by atoms with Crippen LogP contribution in [0, 0.1) is 13.8 Å². The molecule has 4 heteroatoms. The SMILES string of the molecule is Cc1cc(C)cc(Cc2cc(=O)[nH]c(OC(C)C)n2)c1. The van der Waals surface area contributed by atoms with Gasteiger partial charge in [0.1, 0.15) is 0 Å². The summed E-state index contributed by atoms with van der Waals surface area (Å²) >= 11 is 0. The van der Waals surface area contributed by atoms with Crippen molar-refractivity contribution in [3.05, 3.63) is 57.0 Å². The molecule has 4 nitrogen and oxygen atoms in total. The van der Waals surface area contributed by atoms with E-state index in [0.717, 1.165) is 11.3 Å². The van der Waals surface area contributed by atoms with Crippen LogP contribution in [0.2, 0.25) is 0 Å². The summed E-state index contributed by atoms with van der Waals surface area (Å²) in [5.74, 6) is 0. The second-order valence-electron chi connectivity index (χ2n) is 5.38. The molecule has 1 aromatic heterocycles. The Labute approximate surface area is 118 Å². The number of nitrogens with one attached hydrogen (secondary N) is 1. The van der Waals surface area contributed by atoms with E-state index >= 15 is 0 Å². The number of aromatic amines is 1. The number of benzene rings is 1. The molecule has 2 aromatic rings. The van der Waals surface area contributed by atoms with E-state index in [9.17, 15) is 4.79 Å². The molecule has 0 radical (unpaired) electrons. The van der Waals surface area contributed by atoms with Gasteiger partial charge in [-0.15, -0.1) is 0 Å². The van der Waals surface area contributed by atoms with Gasteiger partial charge in [-0.3, -0.25) is 9.78 Å². The quantitative estimate of drug-likeness (QED) is 0.931. The highest BCUT2D eigenvalue weighted by Gasteiger charge is 2.06. The van der Waals surface area contributed by atoms with Gasteiger partial charge in [-0.05, 0) is 33.3 Å². The molecule has 0 spiro atoms. The van der Waals surface area contributed by atoms with Crippen molar-refractivity contribution in [2.45, 2.75) is 40.2 Å². The number of ether oxygens (including phenoxy) is 1. The van der Waals surface area contributed by atoms with Crippen LogP contribution in [0.5, 0.6) is 6.01 Å². The van der Waals surface area contributed by atoms with Crippen molar-refractivity contribution >= 4 is 0 Å². The van der Waals surface area contributed by atoms with Gasteiger partial charge in [-0.1, -0.05) is 29.3 Å². The summed E-state index contributed by atoms with van der Waals surface area (Å²) in [4.78, 5) is 18.6. The molecule has 0 unspecified atom stereocenters. The molecule has 1 N–H and O–H groups in total. The number of aryl methyl sites for hydroxylation is 2. The predicted molar refractivity (Wildman–Crippen MR) is 79.3 cm³/mol. The maximum absolute atomic E-state index is 11.6. The number of hydrogen-bond acceptors (Lipinski definition) is 3. The van der Waals surface area contributed by atoms with Gasteiger partial charge < -0.3 is 4.74 Å². The van der Waals surface area contributed by atoms with Crippen LogP contribution >= 0.6 is 0 Å². The third-order valence-electron chi connectivity index (χ3n) is 2.79. The maximum atomic E-state index is 11.6. The summed E-state index contributed by atoms with van der Waals surface area (Å²) in [6.45, 7) is 7.93. The largest absolute Gasteiger partial charge is 0.462 e. The fourth-order valence-electron chi connectivity index (χ4n) is 2.23. The number of hydrogen-bond donors (Lipinski definition) is 1. The summed E-state index contributed by atoms with van der Waals surface area (Å²) in [7, 11) is 0. The molecular formula is C16H20N2O2. The molecule has 0 bridgehead atoms. The lowest BCUT2D eigenvalue weighted by atomic mass is 10.0. The van der Waals surface area contributed by atoms with Crippen LogP contribution in [0.25, 0.3) is 0 Å². The fourth-order valence-corrected chi connectivity index (χ4v) is 2.23. The highest BCUT2D eigenvalue weighted by Crippen LogP contribution is 2.13. The number of aromatic nitrogens is 2. The minimum Gasteiger partial charge on any atom is -0.462 e. The molecule has 0 fully saturated rings. The van der Waals surface area contributed by atoms with Gasteiger partial charge in [0.2, 0.25) is 0 Å². The van der Waals surface area contributed by atoms with Crippen LogP contribution in [0.1, 0.15) is 36.2 Å². The van der Waals surface area contributed by atoms with Gasteiger partial charge in [-0.25, -0.2) is 4.98 Å². The van der Waals surface area contributed by atoms with Gasteiger partial charge in [0.05, 0.1) is 11.8 Å². The molecule has 0 aliphatic carbocycles. The van der Waals surface area contributed by atoms with E-state index in [0.29, 0.717) is 6.42 Å². The Bertz CT molecular complexity index is 640. The molecule has 106 valence electrons. The van der Waals surface area contributed by atoms with E-state index in [1.165, 1.54) is 17.2 Å². The normalized spacial score (nSPS) is 10.8. The van der Waals surface area contributed by atoms with Crippen LogP contribution < -0.4 is 10.3 Å². The van der Waals surface area contributed by atoms with Crippen LogP contribution in [0.3, 0.4) is 0 Å². The van der Waals surface area contributed by atoms with Crippen molar-refractivity contribution < 1.29 is 4.74 Å². The number of H-pyrrole nitrogens is 1. The lowest BCUT2D eigenvalue weighted by Gasteiger charge is -2.09. The van der Waals surface area contributed by atoms with E-state index in [-0.39, 0.29) is 17.7 Å². The van der Waals surface area contributed by atoms with E-state index in [1.54, 1.807) is 0 Å². The van der Waals surface area contributed by atoms with Crippen molar-refractivity contribution in [3.63, 3.8) is 0 Å². The monoisotopic (exact) mass is 272 g/mol. The Kier molecular flexibility index (Phi) is 4.23. The molecule has 2 rings (SSSR count). The molecule has 0 amide bonds. The van der Waals surface area contributed by atoms with Crippen molar-refractivity contribution in [2.75, 3.05) is 0 Å². The molecule has 0 saturated carbocycles. The average Bonchev–Trinajstić information content (AvgIpc) is 2.24. The smallest absolute Gasteiger partial charge is 0.296 e. The standard InChI is InChI=1S/C16H20N2O2/c1-10(2)20-16-17-14(9-15(19)18-16)8-13-6-11(3)5-12(4)7-13/h5-7,9-10H,8H2,1-4H3,(H,17,18,19). The first-order chi connectivity index (χ1) is 9.42. The first-order valence-electron chi connectivity index (χ1n) is 6.76. The summed E-state index contributed by atoms with van der Waals surface area (Å²) in [6.07, 6.45) is 0.607. The molecular weight excluding hydrogens is 252 g/mol. The minimum absolute atomic E-state index is 0.0189. The van der Waals surface area contributed by atoms with E-state index < -0.39 is 0 Å². The Balaban J connectivity index is 2.28. The second-order valence-corrected chi connectivity index (χ2v) is 5.38. The Morgan fingerprint density at radius 3 is 2.40 bits per heavy atom. The highest BCUT2D eigenvalue weighted by molar-refractivity contribution is 5.31. The van der Waals surface area contributed by atoms with Crippen LogP contribution in [0.4, 0.5) is 0 Å². The van der Waals surface area contributed by atoms with E-state index in [4.69, 9.17) is 4.74 Å². The third kappa shape index (κ3) is 3.95. The van der Waals surface area contributed by atoms with Crippen LogP contribution in [-0.4, -0.2) is 16.1 Å². The van der Waals surface area contributed by atoms with Crippen LogP contribution in [0.15, 0.2) is 29.1 Å². The molecule has 1 aromatic carbocycles. The van der Waals surface area contributed by atoms with Crippen LogP contribution in [-0.2, 0) is 6.42 Å². The van der Waals surface area contributed by atoms with Gasteiger partial charge in [0.25, 0.3) is 11.6 Å². The highest BCUT2D eigenvalue weighted by atomic mass is 16.5. The predicted octanol–water partition coefficient (Wildman–Crippen LogP) is 2.76. The molecule has 1 heterocycles. The van der Waals surface area contributed by atoms with Gasteiger partial charge in [0.15, 0.2) is 0 Å². The minimum atomic E-state index is -0.185. The Morgan fingerprint density at radius 1 is 1.15 bits per heavy atom. The summed E-state index contributed by atoms with van der Waals surface area (Å²) in [5.41, 5.74) is 4.10. The third-order valence-corrected chi connectivity index (χ3v) is 2.79. The lowest BCUT2D eigenvalue weighted by Crippen LogP contribution is -2.15. The molecule has 0 saturated heterocycles. The zero-order valence-corrected chi connectivity index (χ0v) is 12.4. The first-order valence-corrected chi connectivity index (χ1v) is 6.76. The zero-order chi connectivity index (χ0) is 14.7. The number of rotatable bonds is 4. The average molecular weight is 272 g/mol. The summed E-state index contributed by atoms with van der Waals surface area (Å²) < 4.78 is 5.45. The first kappa shape index (κ1) is 14.3. The van der Waals surface area contributed by atoms with Crippen molar-refractivity contribution in [1.82, 2.24) is 9.97 Å². The second kappa shape index (κ2) is 5.90. The Hall–Kier alpha value is -2.10. The lowest BCUT2D eigenvalue weighted by molar-refractivity contribution is 0.221. The molecule has 0 atom stereocenters. The topological polar surface area (TPSA) is 55.0 Å². The fraction of sp³-hybridized carbons (Fsp3) is 0.375. The molecule has 20 heavy (non-hydrogen) atoms. The number of nitrogens with zero attached hydrogens (tertiary/aromatic N) is 1. The zero-order valence-electron chi connectivity index (χ0n) is 12.4. The van der Waals surface area contributed by atoms with Crippen molar-refractivity contribution in [2.24, 2.45) is 0 Å². The summed E-state index contributed by atoms with van der Waals surface area (Å²) in [5, 5.41) is 0. The van der Waals surface area contributed by atoms with Crippen molar-refractivity contribution in [1.29, 1.82) is 0 Å². The Morgan fingerprint density at radius 2 is 1.80 bits per heavy atom. The van der Waals surface area contributed by atoms with E-state index in [1.807, 2.05) is 13.8 Å². The summed E-state index contributed by atoms with van der Waals surface area (Å²) in [6, 6.07) is 8.15. The molecule has 0 aliphatic heterocycles. The van der Waals surface area contributed by atoms with E-state index in [2.05, 4.69) is 42.0 Å². The maximum Gasteiger partial charge on any atom is 0.296 e. The van der Waals surface area contributed by atoms with Gasteiger partial charge >= 0.3 is 0 Å². The van der Waals surface area contributed by atoms with Gasteiger partial charge in [-0.2, -0.15) is 0 Å². The van der Waals surface area contributed by atoms with Gasteiger partial charge in [0, 0.05) is 12.5 Å².